The fourth-order valence-electron chi connectivity index (χ4n) is 1.50. The Bertz CT molecular complexity index is 363. The lowest BCUT2D eigenvalue weighted by Crippen LogP contribution is -2.44. The fraction of sp³-hybridized carbons (Fsp3) is 0.462. The van der Waals surface area contributed by atoms with Crippen molar-refractivity contribution in [1.82, 2.24) is 10.4 Å². The van der Waals surface area contributed by atoms with E-state index in [-0.39, 0.29) is 6.09 Å². The standard InChI is InChI=1S/C13H18N2O2/c1-2-15(14-12-8-9-12)13(16)17-10-11-6-4-3-5-7-11/h3-7,12,14H,2,8-10H2,1H3. The molecule has 0 radical (unpaired) electrons. The predicted molar refractivity (Wildman–Crippen MR) is 65.2 cm³/mol. The van der Waals surface area contributed by atoms with Gasteiger partial charge in [-0.15, -0.1) is 0 Å². The Morgan fingerprint density at radius 2 is 2.12 bits per heavy atom. The predicted octanol–water partition coefficient (Wildman–Crippen LogP) is 2.31. The highest BCUT2D eigenvalue weighted by Gasteiger charge is 2.25. The number of hydrazine groups is 1. The Kier molecular flexibility index (Phi) is 3.98. The van der Waals surface area contributed by atoms with E-state index in [1.807, 2.05) is 37.3 Å². The molecule has 0 aromatic heterocycles. The van der Waals surface area contributed by atoms with Crippen molar-refractivity contribution in [2.75, 3.05) is 6.54 Å². The van der Waals surface area contributed by atoms with Gasteiger partial charge in [0.25, 0.3) is 0 Å². The van der Waals surface area contributed by atoms with Gasteiger partial charge in [-0.3, -0.25) is 0 Å². The summed E-state index contributed by atoms with van der Waals surface area (Å²) in [6.45, 7) is 2.87. The van der Waals surface area contributed by atoms with E-state index >= 15 is 0 Å². The van der Waals surface area contributed by atoms with Crippen LogP contribution in [0.4, 0.5) is 4.79 Å². The molecular weight excluding hydrogens is 216 g/mol. The minimum atomic E-state index is -0.303. The molecule has 17 heavy (non-hydrogen) atoms. The topological polar surface area (TPSA) is 41.6 Å². The smallest absolute Gasteiger partial charge is 0.424 e. The summed E-state index contributed by atoms with van der Waals surface area (Å²) in [5.41, 5.74) is 4.14. The monoisotopic (exact) mass is 234 g/mol. The van der Waals surface area contributed by atoms with Crippen LogP contribution in [-0.2, 0) is 11.3 Å². The molecule has 4 nitrogen and oxygen atoms in total. The second-order valence-corrected chi connectivity index (χ2v) is 4.19. The summed E-state index contributed by atoms with van der Waals surface area (Å²) in [5.74, 6) is 0. The summed E-state index contributed by atoms with van der Waals surface area (Å²) in [6, 6.07) is 10.2. The third kappa shape index (κ3) is 3.75. The van der Waals surface area contributed by atoms with Gasteiger partial charge in [0, 0.05) is 12.6 Å². The zero-order valence-electron chi connectivity index (χ0n) is 10.1. The number of nitrogens with one attached hydrogen (secondary N) is 1. The van der Waals surface area contributed by atoms with E-state index in [0.717, 1.165) is 18.4 Å². The SMILES string of the molecule is CCN(NC1CC1)C(=O)OCc1ccccc1. The molecule has 0 aliphatic heterocycles. The highest BCUT2D eigenvalue weighted by Crippen LogP contribution is 2.19. The summed E-state index contributed by atoms with van der Waals surface area (Å²) in [6.07, 6.45) is 1.98. The molecule has 0 unspecified atom stereocenters. The maximum Gasteiger partial charge on any atom is 0.424 e. The molecule has 0 saturated heterocycles. The zero-order valence-corrected chi connectivity index (χ0v) is 10.1. The molecule has 1 saturated carbocycles. The van der Waals surface area contributed by atoms with Gasteiger partial charge in [-0.05, 0) is 25.3 Å². The largest absolute Gasteiger partial charge is 0.444 e. The lowest BCUT2D eigenvalue weighted by molar-refractivity contribution is 0.0780. The van der Waals surface area contributed by atoms with Gasteiger partial charge in [-0.25, -0.2) is 15.2 Å². The summed E-state index contributed by atoms with van der Waals surface area (Å²) in [4.78, 5) is 11.8. The van der Waals surface area contributed by atoms with Crippen LogP contribution in [0.15, 0.2) is 30.3 Å². The molecule has 1 aromatic rings. The first-order valence-electron chi connectivity index (χ1n) is 6.04. The number of amides is 1. The molecule has 1 aromatic carbocycles. The van der Waals surface area contributed by atoms with Crippen molar-refractivity contribution >= 4 is 6.09 Å². The van der Waals surface area contributed by atoms with Crippen LogP contribution >= 0.6 is 0 Å². The highest BCUT2D eigenvalue weighted by molar-refractivity contribution is 5.67. The van der Waals surface area contributed by atoms with Crippen LogP contribution in [0.2, 0.25) is 0 Å². The molecule has 92 valence electrons. The number of rotatable bonds is 5. The maximum absolute atomic E-state index is 11.8. The highest BCUT2D eigenvalue weighted by atomic mass is 16.6. The van der Waals surface area contributed by atoms with Gasteiger partial charge < -0.3 is 4.74 Å². The molecule has 2 rings (SSSR count). The Hall–Kier alpha value is -1.55. The van der Waals surface area contributed by atoms with Crippen molar-refractivity contribution < 1.29 is 9.53 Å². The van der Waals surface area contributed by atoms with Gasteiger partial charge >= 0.3 is 6.09 Å². The third-order valence-corrected chi connectivity index (χ3v) is 2.66. The van der Waals surface area contributed by atoms with Crippen LogP contribution in [-0.4, -0.2) is 23.7 Å². The number of nitrogens with zero attached hydrogens (tertiary/aromatic N) is 1. The van der Waals surface area contributed by atoms with E-state index in [1.165, 1.54) is 0 Å². The number of carbonyl (C=O) groups excluding carboxylic acids is 1. The lowest BCUT2D eigenvalue weighted by atomic mass is 10.2. The fourth-order valence-corrected chi connectivity index (χ4v) is 1.50. The Labute approximate surface area is 102 Å². The average molecular weight is 234 g/mol. The van der Waals surface area contributed by atoms with E-state index in [9.17, 15) is 4.79 Å². The molecule has 4 heteroatoms. The minimum absolute atomic E-state index is 0.303. The van der Waals surface area contributed by atoms with E-state index in [2.05, 4.69) is 5.43 Å². The number of ether oxygens (including phenoxy) is 1. The molecular formula is C13H18N2O2. The van der Waals surface area contributed by atoms with Gasteiger partial charge in [0.05, 0.1) is 0 Å². The Morgan fingerprint density at radius 3 is 2.71 bits per heavy atom. The molecule has 0 bridgehead atoms. The zero-order chi connectivity index (χ0) is 12.1. The van der Waals surface area contributed by atoms with E-state index in [1.54, 1.807) is 5.01 Å². The van der Waals surface area contributed by atoms with Crippen LogP contribution in [0, 0.1) is 0 Å². The van der Waals surface area contributed by atoms with Gasteiger partial charge in [-0.2, -0.15) is 0 Å². The van der Waals surface area contributed by atoms with Crippen molar-refractivity contribution in [1.29, 1.82) is 0 Å². The molecule has 1 aliphatic rings. The van der Waals surface area contributed by atoms with E-state index < -0.39 is 0 Å². The van der Waals surface area contributed by atoms with E-state index in [0.29, 0.717) is 19.2 Å². The van der Waals surface area contributed by atoms with Crippen molar-refractivity contribution in [2.45, 2.75) is 32.4 Å². The van der Waals surface area contributed by atoms with Crippen LogP contribution < -0.4 is 5.43 Å². The summed E-state index contributed by atoms with van der Waals surface area (Å²) in [5, 5.41) is 1.54. The minimum Gasteiger partial charge on any atom is -0.444 e. The molecule has 1 aliphatic carbocycles. The molecule has 1 N–H and O–H groups in total. The van der Waals surface area contributed by atoms with Crippen molar-refractivity contribution in [3.05, 3.63) is 35.9 Å². The average Bonchev–Trinajstić information content (AvgIpc) is 3.18. The summed E-state index contributed by atoms with van der Waals surface area (Å²) in [7, 11) is 0. The van der Waals surface area contributed by atoms with Crippen molar-refractivity contribution in [3.63, 3.8) is 0 Å². The summed E-state index contributed by atoms with van der Waals surface area (Å²) >= 11 is 0. The van der Waals surface area contributed by atoms with Gasteiger partial charge in [0.1, 0.15) is 6.61 Å². The molecule has 0 atom stereocenters. The Morgan fingerprint density at radius 1 is 1.41 bits per heavy atom. The van der Waals surface area contributed by atoms with Crippen LogP contribution in [0.5, 0.6) is 0 Å². The van der Waals surface area contributed by atoms with Crippen molar-refractivity contribution in [3.8, 4) is 0 Å². The molecule has 1 amide bonds. The number of benzene rings is 1. The lowest BCUT2D eigenvalue weighted by Gasteiger charge is -2.21. The Balaban J connectivity index is 1.78. The number of hydrogen-bond acceptors (Lipinski definition) is 3. The normalized spacial score (nSPS) is 14.4. The second-order valence-electron chi connectivity index (χ2n) is 4.19. The van der Waals surface area contributed by atoms with E-state index in [4.69, 9.17) is 4.74 Å². The first-order valence-corrected chi connectivity index (χ1v) is 6.04. The quantitative estimate of drug-likeness (QED) is 0.795. The van der Waals surface area contributed by atoms with Gasteiger partial charge in [-0.1, -0.05) is 30.3 Å². The van der Waals surface area contributed by atoms with Gasteiger partial charge in [0.2, 0.25) is 0 Å². The van der Waals surface area contributed by atoms with Crippen molar-refractivity contribution in [2.24, 2.45) is 0 Å². The van der Waals surface area contributed by atoms with Crippen LogP contribution in [0.1, 0.15) is 25.3 Å². The molecule has 1 fully saturated rings. The first-order chi connectivity index (χ1) is 8.29. The summed E-state index contributed by atoms with van der Waals surface area (Å²) < 4.78 is 5.23. The second kappa shape index (κ2) is 5.68. The first kappa shape index (κ1) is 11.9. The third-order valence-electron chi connectivity index (χ3n) is 2.66. The maximum atomic E-state index is 11.8. The number of hydrogen-bond donors (Lipinski definition) is 1. The van der Waals surface area contributed by atoms with Crippen LogP contribution in [0.3, 0.4) is 0 Å². The number of carbonyl (C=O) groups is 1. The molecule has 0 spiro atoms. The molecule has 0 heterocycles. The van der Waals surface area contributed by atoms with Gasteiger partial charge in [0.15, 0.2) is 0 Å². The van der Waals surface area contributed by atoms with Crippen LogP contribution in [0.25, 0.3) is 0 Å².